The predicted octanol–water partition coefficient (Wildman–Crippen LogP) is 2.15. The molecule has 112 valence electrons. The number of carbonyl (C=O) groups is 1. The Morgan fingerprint density at radius 2 is 2.24 bits per heavy atom. The topological polar surface area (TPSA) is 58.4 Å². The van der Waals surface area contributed by atoms with E-state index in [1.807, 2.05) is 19.1 Å². The van der Waals surface area contributed by atoms with Crippen molar-refractivity contribution < 1.29 is 9.90 Å². The van der Waals surface area contributed by atoms with E-state index < -0.39 is 0 Å². The summed E-state index contributed by atoms with van der Waals surface area (Å²) in [5, 5.41) is 13.9. The molecule has 1 amide bonds. The van der Waals surface area contributed by atoms with E-state index in [1.165, 1.54) is 4.90 Å². The zero-order valence-electron chi connectivity index (χ0n) is 12.1. The number of hydrogen-bond acceptors (Lipinski definition) is 3. The van der Waals surface area contributed by atoms with Gasteiger partial charge in [-0.05, 0) is 24.6 Å². The van der Waals surface area contributed by atoms with Crippen molar-refractivity contribution >= 4 is 17.5 Å². The number of halogens is 1. The minimum Gasteiger partial charge on any atom is -0.395 e. The summed E-state index contributed by atoms with van der Waals surface area (Å²) < 4.78 is 1.73. The molecule has 5 nitrogen and oxygen atoms in total. The number of aliphatic hydroxyl groups excluding tert-OH is 1. The summed E-state index contributed by atoms with van der Waals surface area (Å²) in [7, 11) is 1.66. The summed E-state index contributed by atoms with van der Waals surface area (Å²) in [5.41, 5.74) is 2.20. The lowest BCUT2D eigenvalue weighted by Gasteiger charge is -2.16. The van der Waals surface area contributed by atoms with Gasteiger partial charge in [0.25, 0.3) is 5.91 Å². The Balaban J connectivity index is 2.41. The molecule has 0 fully saturated rings. The van der Waals surface area contributed by atoms with Gasteiger partial charge in [-0.2, -0.15) is 5.10 Å². The number of amides is 1. The van der Waals surface area contributed by atoms with E-state index in [2.05, 4.69) is 5.10 Å². The first-order valence-corrected chi connectivity index (χ1v) is 7.15. The second kappa shape index (κ2) is 6.74. The first-order valence-electron chi connectivity index (χ1n) is 6.77. The monoisotopic (exact) mass is 307 g/mol. The summed E-state index contributed by atoms with van der Waals surface area (Å²) in [6, 6.07) is 7.34. The highest BCUT2D eigenvalue weighted by Crippen LogP contribution is 2.19. The van der Waals surface area contributed by atoms with Crippen molar-refractivity contribution in [2.45, 2.75) is 13.3 Å². The smallest absolute Gasteiger partial charge is 0.257 e. The van der Waals surface area contributed by atoms with Crippen LogP contribution >= 0.6 is 11.6 Å². The molecule has 0 saturated heterocycles. The van der Waals surface area contributed by atoms with Crippen molar-refractivity contribution in [1.29, 1.82) is 0 Å². The SMILES string of the molecule is CCc1c(C(=O)N(C)CCO)cnn1-c1cccc(Cl)c1. The molecule has 0 unspecified atom stereocenters. The first-order chi connectivity index (χ1) is 10.1. The fraction of sp³-hybridized carbons (Fsp3) is 0.333. The van der Waals surface area contributed by atoms with Crippen LogP contribution in [0.4, 0.5) is 0 Å². The quantitative estimate of drug-likeness (QED) is 0.921. The molecule has 0 aliphatic heterocycles. The predicted molar refractivity (Wildman–Crippen MR) is 82.0 cm³/mol. The molecular weight excluding hydrogens is 290 g/mol. The molecule has 1 aromatic carbocycles. The maximum atomic E-state index is 12.4. The number of benzene rings is 1. The molecule has 0 bridgehead atoms. The van der Waals surface area contributed by atoms with Gasteiger partial charge in [-0.3, -0.25) is 4.79 Å². The van der Waals surface area contributed by atoms with E-state index >= 15 is 0 Å². The summed E-state index contributed by atoms with van der Waals surface area (Å²) in [5.74, 6) is -0.144. The van der Waals surface area contributed by atoms with Crippen LogP contribution in [0.5, 0.6) is 0 Å². The minimum atomic E-state index is -0.144. The maximum absolute atomic E-state index is 12.4. The fourth-order valence-electron chi connectivity index (χ4n) is 2.18. The number of nitrogens with zero attached hydrogens (tertiary/aromatic N) is 3. The highest BCUT2D eigenvalue weighted by molar-refractivity contribution is 6.30. The second-order valence-electron chi connectivity index (χ2n) is 4.70. The molecule has 0 aliphatic carbocycles. The third kappa shape index (κ3) is 3.25. The molecule has 2 aromatic rings. The second-order valence-corrected chi connectivity index (χ2v) is 5.14. The molecule has 1 heterocycles. The molecule has 0 atom stereocenters. The third-order valence-electron chi connectivity index (χ3n) is 3.27. The Labute approximate surface area is 128 Å². The Bertz CT molecular complexity index is 640. The molecule has 2 rings (SSSR count). The molecule has 1 N–H and O–H groups in total. The van der Waals surface area contributed by atoms with Gasteiger partial charge in [-0.15, -0.1) is 0 Å². The van der Waals surface area contributed by atoms with E-state index in [0.29, 0.717) is 23.6 Å². The lowest BCUT2D eigenvalue weighted by atomic mass is 10.1. The summed E-state index contributed by atoms with van der Waals surface area (Å²) in [6.07, 6.45) is 2.23. The molecule has 0 radical (unpaired) electrons. The Morgan fingerprint density at radius 3 is 2.86 bits per heavy atom. The Morgan fingerprint density at radius 1 is 1.48 bits per heavy atom. The van der Waals surface area contributed by atoms with E-state index in [0.717, 1.165) is 11.4 Å². The number of hydrogen-bond donors (Lipinski definition) is 1. The summed E-state index contributed by atoms with van der Waals surface area (Å²) in [4.78, 5) is 13.8. The van der Waals surface area contributed by atoms with Gasteiger partial charge in [-0.1, -0.05) is 24.6 Å². The molecule has 0 spiro atoms. The largest absolute Gasteiger partial charge is 0.395 e. The van der Waals surface area contributed by atoms with Crippen LogP contribution in [0.25, 0.3) is 5.69 Å². The van der Waals surface area contributed by atoms with Gasteiger partial charge >= 0.3 is 0 Å². The maximum Gasteiger partial charge on any atom is 0.257 e. The van der Waals surface area contributed by atoms with Crippen LogP contribution in [0.15, 0.2) is 30.5 Å². The Hall–Kier alpha value is -1.85. The van der Waals surface area contributed by atoms with Crippen LogP contribution in [0.1, 0.15) is 23.0 Å². The van der Waals surface area contributed by atoms with Gasteiger partial charge in [0.05, 0.1) is 29.7 Å². The van der Waals surface area contributed by atoms with Crippen LogP contribution in [0.2, 0.25) is 5.02 Å². The molecule has 21 heavy (non-hydrogen) atoms. The molecule has 0 aliphatic rings. The molecule has 1 aromatic heterocycles. The van der Waals surface area contributed by atoms with Crippen molar-refractivity contribution in [2.75, 3.05) is 20.2 Å². The third-order valence-corrected chi connectivity index (χ3v) is 3.50. The average molecular weight is 308 g/mol. The lowest BCUT2D eigenvalue weighted by Crippen LogP contribution is -2.30. The highest BCUT2D eigenvalue weighted by Gasteiger charge is 2.20. The zero-order chi connectivity index (χ0) is 15.4. The standard InChI is InChI=1S/C15H18ClN3O2/c1-3-14-13(15(21)18(2)7-8-20)10-17-19(14)12-6-4-5-11(16)9-12/h4-6,9-10,20H,3,7-8H2,1-2H3. The number of rotatable bonds is 5. The van der Waals surface area contributed by atoms with Gasteiger partial charge in [0.2, 0.25) is 0 Å². The minimum absolute atomic E-state index is 0.0634. The summed E-state index contributed by atoms with van der Waals surface area (Å²) in [6.45, 7) is 2.21. The Kier molecular flexibility index (Phi) is 4.98. The van der Waals surface area contributed by atoms with Crippen molar-refractivity contribution in [3.8, 4) is 5.69 Å². The van der Waals surface area contributed by atoms with Crippen LogP contribution in [-0.2, 0) is 6.42 Å². The van der Waals surface area contributed by atoms with Gasteiger partial charge in [0, 0.05) is 18.6 Å². The number of aromatic nitrogens is 2. The number of carbonyl (C=O) groups excluding carboxylic acids is 1. The van der Waals surface area contributed by atoms with E-state index in [1.54, 1.807) is 30.1 Å². The average Bonchev–Trinajstić information content (AvgIpc) is 2.90. The van der Waals surface area contributed by atoms with E-state index in [4.69, 9.17) is 16.7 Å². The first kappa shape index (κ1) is 15.5. The van der Waals surface area contributed by atoms with Gasteiger partial charge in [0.1, 0.15) is 0 Å². The van der Waals surface area contributed by atoms with Gasteiger partial charge < -0.3 is 10.0 Å². The van der Waals surface area contributed by atoms with E-state index in [-0.39, 0.29) is 12.5 Å². The number of aliphatic hydroxyl groups is 1. The van der Waals surface area contributed by atoms with Gasteiger partial charge in [-0.25, -0.2) is 4.68 Å². The van der Waals surface area contributed by atoms with Crippen molar-refractivity contribution in [3.05, 3.63) is 46.7 Å². The van der Waals surface area contributed by atoms with Crippen molar-refractivity contribution in [2.24, 2.45) is 0 Å². The zero-order valence-corrected chi connectivity index (χ0v) is 12.8. The highest BCUT2D eigenvalue weighted by atomic mass is 35.5. The van der Waals surface area contributed by atoms with Crippen molar-refractivity contribution in [3.63, 3.8) is 0 Å². The summed E-state index contributed by atoms with van der Waals surface area (Å²) >= 11 is 6.01. The van der Waals surface area contributed by atoms with Crippen LogP contribution in [-0.4, -0.2) is 45.9 Å². The normalized spacial score (nSPS) is 10.7. The molecular formula is C15H18ClN3O2. The van der Waals surface area contributed by atoms with Crippen LogP contribution in [0.3, 0.4) is 0 Å². The van der Waals surface area contributed by atoms with Crippen molar-refractivity contribution in [1.82, 2.24) is 14.7 Å². The molecule has 6 heteroatoms. The van der Waals surface area contributed by atoms with Crippen LogP contribution < -0.4 is 0 Å². The van der Waals surface area contributed by atoms with Gasteiger partial charge in [0.15, 0.2) is 0 Å². The van der Waals surface area contributed by atoms with Crippen LogP contribution in [0, 0.1) is 0 Å². The number of likely N-dealkylation sites (N-methyl/N-ethyl adjacent to an activating group) is 1. The van der Waals surface area contributed by atoms with E-state index in [9.17, 15) is 4.79 Å². The molecule has 0 saturated carbocycles. The fourth-order valence-corrected chi connectivity index (χ4v) is 2.36. The lowest BCUT2D eigenvalue weighted by molar-refractivity contribution is 0.0766.